The third-order valence-electron chi connectivity index (χ3n) is 3.70. The number of nitrogens with one attached hydrogen (secondary N) is 1. The van der Waals surface area contributed by atoms with Crippen molar-refractivity contribution in [2.45, 2.75) is 52.0 Å². The summed E-state index contributed by atoms with van der Waals surface area (Å²) in [6, 6.07) is 0. The highest BCUT2D eigenvalue weighted by Crippen LogP contribution is 2.31. The van der Waals surface area contributed by atoms with Gasteiger partial charge >= 0.3 is 0 Å². The summed E-state index contributed by atoms with van der Waals surface area (Å²) in [5, 5.41) is 17.4. The molecule has 1 rings (SSSR count). The number of rotatable bonds is 6. The predicted molar refractivity (Wildman–Crippen MR) is 75.7 cm³/mol. The van der Waals surface area contributed by atoms with E-state index in [4.69, 9.17) is 5.73 Å². The van der Waals surface area contributed by atoms with Crippen molar-refractivity contribution in [3.8, 4) is 0 Å². The Morgan fingerprint density at radius 1 is 1.39 bits per heavy atom. The van der Waals surface area contributed by atoms with Crippen molar-refractivity contribution in [1.82, 2.24) is 9.78 Å². The van der Waals surface area contributed by atoms with E-state index >= 15 is 0 Å². The van der Waals surface area contributed by atoms with Crippen molar-refractivity contribution in [1.29, 1.82) is 0 Å². The van der Waals surface area contributed by atoms with Crippen molar-refractivity contribution in [2.24, 2.45) is 7.05 Å². The smallest absolute Gasteiger partial charge is 0.148 e. The molecule has 1 aromatic heterocycles. The highest BCUT2D eigenvalue weighted by atomic mass is 16.3. The van der Waals surface area contributed by atoms with Crippen molar-refractivity contribution >= 4 is 11.5 Å². The maximum Gasteiger partial charge on any atom is 0.148 e. The summed E-state index contributed by atoms with van der Waals surface area (Å²) in [4.78, 5) is 0. The van der Waals surface area contributed by atoms with Crippen LogP contribution in [0.4, 0.5) is 11.5 Å². The van der Waals surface area contributed by atoms with E-state index in [-0.39, 0.29) is 12.1 Å². The van der Waals surface area contributed by atoms with E-state index < -0.39 is 0 Å². The molecule has 0 saturated carbocycles. The van der Waals surface area contributed by atoms with Gasteiger partial charge in [-0.1, -0.05) is 27.7 Å². The molecule has 0 unspecified atom stereocenters. The lowest BCUT2D eigenvalue weighted by atomic mass is 9.94. The minimum absolute atomic E-state index is 0.0850. The summed E-state index contributed by atoms with van der Waals surface area (Å²) < 4.78 is 1.76. The zero-order valence-corrected chi connectivity index (χ0v) is 12.1. The number of hydrogen-bond acceptors (Lipinski definition) is 4. The highest BCUT2D eigenvalue weighted by Gasteiger charge is 2.28. The second-order valence-electron chi connectivity index (χ2n) is 5.20. The van der Waals surface area contributed by atoms with Crippen LogP contribution in [-0.4, -0.2) is 27.0 Å². The Balaban J connectivity index is 3.11. The number of aryl methyl sites for hydroxylation is 1. The Bertz CT molecular complexity index is 386. The Kier molecular flexibility index (Phi) is 4.62. The first-order chi connectivity index (χ1) is 8.40. The zero-order valence-electron chi connectivity index (χ0n) is 12.1. The first kappa shape index (κ1) is 14.8. The van der Waals surface area contributed by atoms with Gasteiger partial charge in [-0.3, -0.25) is 4.68 Å². The van der Waals surface area contributed by atoms with Gasteiger partial charge in [0.15, 0.2) is 0 Å². The van der Waals surface area contributed by atoms with Crippen molar-refractivity contribution < 1.29 is 5.11 Å². The van der Waals surface area contributed by atoms with Gasteiger partial charge < -0.3 is 16.2 Å². The van der Waals surface area contributed by atoms with Gasteiger partial charge in [0.25, 0.3) is 0 Å². The lowest BCUT2D eigenvalue weighted by Crippen LogP contribution is -2.41. The molecule has 4 N–H and O–H groups in total. The molecule has 1 aromatic rings. The average molecular weight is 254 g/mol. The summed E-state index contributed by atoms with van der Waals surface area (Å²) in [5.74, 6) is 1.09. The molecule has 0 fully saturated rings. The largest absolute Gasteiger partial charge is 0.394 e. The first-order valence-electron chi connectivity index (χ1n) is 6.62. The van der Waals surface area contributed by atoms with Crippen LogP contribution in [-0.2, 0) is 7.05 Å². The van der Waals surface area contributed by atoms with Crippen LogP contribution in [0, 0.1) is 0 Å². The number of aliphatic hydroxyl groups is 1. The van der Waals surface area contributed by atoms with Gasteiger partial charge in [0.05, 0.1) is 23.5 Å². The first-order valence-corrected chi connectivity index (χ1v) is 6.62. The summed E-state index contributed by atoms with van der Waals surface area (Å²) in [6.45, 7) is 8.34. The van der Waals surface area contributed by atoms with Gasteiger partial charge in [-0.15, -0.1) is 0 Å². The van der Waals surface area contributed by atoms with E-state index in [0.717, 1.165) is 24.4 Å². The van der Waals surface area contributed by atoms with Gasteiger partial charge in [-0.2, -0.15) is 5.10 Å². The molecule has 0 amide bonds. The summed E-state index contributed by atoms with van der Waals surface area (Å²) in [7, 11) is 1.87. The second-order valence-corrected chi connectivity index (χ2v) is 5.20. The Hall–Kier alpha value is -1.23. The fraction of sp³-hybridized carbons (Fsp3) is 0.769. The molecule has 104 valence electrons. The molecule has 0 radical (unpaired) electrons. The Morgan fingerprint density at radius 3 is 2.28 bits per heavy atom. The molecular formula is C13H26N4O. The van der Waals surface area contributed by atoms with Crippen molar-refractivity contribution in [3.05, 3.63) is 5.69 Å². The Labute approximate surface area is 109 Å². The summed E-state index contributed by atoms with van der Waals surface area (Å²) in [5.41, 5.74) is 7.41. The molecule has 0 aliphatic heterocycles. The zero-order chi connectivity index (χ0) is 13.9. The number of aromatic nitrogens is 2. The fourth-order valence-electron chi connectivity index (χ4n) is 2.08. The van der Waals surface area contributed by atoms with Crippen LogP contribution in [0.2, 0.25) is 0 Å². The molecule has 0 spiro atoms. The van der Waals surface area contributed by atoms with Gasteiger partial charge in [0, 0.05) is 7.05 Å². The third-order valence-corrected chi connectivity index (χ3v) is 3.70. The number of nitrogens with zero attached hydrogens (tertiary/aromatic N) is 2. The molecule has 5 nitrogen and oxygen atoms in total. The van der Waals surface area contributed by atoms with E-state index in [2.05, 4.69) is 38.1 Å². The number of hydrogen-bond donors (Lipinski definition) is 3. The van der Waals surface area contributed by atoms with Crippen LogP contribution in [0.5, 0.6) is 0 Å². The van der Waals surface area contributed by atoms with Crippen LogP contribution < -0.4 is 11.1 Å². The van der Waals surface area contributed by atoms with E-state index in [1.54, 1.807) is 4.68 Å². The number of aliphatic hydroxyl groups excluding tert-OH is 1. The molecule has 0 aliphatic rings. The van der Waals surface area contributed by atoms with E-state index in [0.29, 0.717) is 11.6 Å². The van der Waals surface area contributed by atoms with Crippen molar-refractivity contribution in [2.75, 3.05) is 17.7 Å². The SMILES string of the molecule is CCC(CC)(CO)Nc1c(N)c(C(C)C)nn1C. The molecule has 5 heteroatoms. The molecular weight excluding hydrogens is 228 g/mol. The molecule has 1 heterocycles. The summed E-state index contributed by atoms with van der Waals surface area (Å²) in [6.07, 6.45) is 1.67. The highest BCUT2D eigenvalue weighted by molar-refractivity contribution is 5.66. The molecule has 0 atom stereocenters. The number of nitrogen functional groups attached to an aromatic ring is 1. The normalized spacial score (nSPS) is 12.2. The minimum atomic E-state index is -0.323. The minimum Gasteiger partial charge on any atom is -0.394 e. The molecule has 0 bridgehead atoms. The lowest BCUT2D eigenvalue weighted by molar-refractivity contribution is 0.202. The van der Waals surface area contributed by atoms with Crippen molar-refractivity contribution in [3.63, 3.8) is 0 Å². The van der Waals surface area contributed by atoms with Gasteiger partial charge in [0.1, 0.15) is 5.82 Å². The molecule has 0 saturated heterocycles. The number of anilines is 2. The van der Waals surface area contributed by atoms with Crippen LogP contribution in [0.15, 0.2) is 0 Å². The van der Waals surface area contributed by atoms with Crippen LogP contribution in [0.3, 0.4) is 0 Å². The topological polar surface area (TPSA) is 76.1 Å². The summed E-state index contributed by atoms with van der Waals surface area (Å²) >= 11 is 0. The molecule has 18 heavy (non-hydrogen) atoms. The standard InChI is InChI=1S/C13H26N4O/c1-6-13(7-2,8-18)15-12-10(14)11(9(3)4)16-17(12)5/h9,15,18H,6-8,14H2,1-5H3. The molecule has 0 aliphatic carbocycles. The van der Waals surface area contributed by atoms with Crippen LogP contribution >= 0.6 is 0 Å². The van der Waals surface area contributed by atoms with Gasteiger partial charge in [-0.05, 0) is 18.8 Å². The quantitative estimate of drug-likeness (QED) is 0.726. The van der Waals surface area contributed by atoms with E-state index in [1.807, 2.05) is 7.05 Å². The third kappa shape index (κ3) is 2.61. The average Bonchev–Trinajstić information content (AvgIpc) is 2.63. The second kappa shape index (κ2) is 5.61. The lowest BCUT2D eigenvalue weighted by Gasteiger charge is -2.32. The van der Waals surface area contributed by atoms with Crippen LogP contribution in [0.1, 0.15) is 52.1 Å². The van der Waals surface area contributed by atoms with Gasteiger partial charge in [-0.25, -0.2) is 0 Å². The molecule has 0 aromatic carbocycles. The van der Waals surface area contributed by atoms with Gasteiger partial charge in [0.2, 0.25) is 0 Å². The number of nitrogens with two attached hydrogens (primary N) is 1. The maximum absolute atomic E-state index is 9.60. The van der Waals surface area contributed by atoms with Crippen LogP contribution in [0.25, 0.3) is 0 Å². The van der Waals surface area contributed by atoms with E-state index in [9.17, 15) is 5.11 Å². The monoisotopic (exact) mass is 254 g/mol. The fourth-order valence-corrected chi connectivity index (χ4v) is 2.08. The van der Waals surface area contributed by atoms with E-state index in [1.165, 1.54) is 0 Å². The maximum atomic E-state index is 9.60. The predicted octanol–water partition coefficient (Wildman–Crippen LogP) is 2.09. The Morgan fingerprint density at radius 2 is 1.94 bits per heavy atom.